The molecule has 0 amide bonds. The minimum absolute atomic E-state index is 0.319. The summed E-state index contributed by atoms with van der Waals surface area (Å²) in [5, 5.41) is 4.14. The highest BCUT2D eigenvalue weighted by Gasteiger charge is 2.23. The molecule has 0 aliphatic carbocycles. The molecule has 0 spiro atoms. The molecule has 33 heavy (non-hydrogen) atoms. The van der Waals surface area contributed by atoms with Gasteiger partial charge in [-0.25, -0.2) is 9.55 Å². The van der Waals surface area contributed by atoms with Crippen LogP contribution in [0.5, 0.6) is 0 Å². The lowest BCUT2D eigenvalue weighted by molar-refractivity contribution is -0.660. The SMILES string of the molecule is [2H]C([2H])([2H])c1c[n+](C)c(-c2c(C)ccc3c2oc2ncc4ccccc4c23)cc1-c1ccc(C)cc1. The van der Waals surface area contributed by atoms with Crippen molar-refractivity contribution in [1.82, 2.24) is 4.98 Å². The largest absolute Gasteiger partial charge is 0.437 e. The summed E-state index contributed by atoms with van der Waals surface area (Å²) in [5.41, 5.74) is 7.20. The molecule has 3 aromatic heterocycles. The zero-order valence-corrected chi connectivity index (χ0v) is 18.8. The van der Waals surface area contributed by atoms with Gasteiger partial charge >= 0.3 is 0 Å². The van der Waals surface area contributed by atoms with Gasteiger partial charge < -0.3 is 4.42 Å². The maximum Gasteiger partial charge on any atom is 0.227 e. The molecule has 0 aliphatic heterocycles. The van der Waals surface area contributed by atoms with Crippen LogP contribution in [0.4, 0.5) is 0 Å². The lowest BCUT2D eigenvalue weighted by Crippen LogP contribution is -2.31. The zero-order valence-electron chi connectivity index (χ0n) is 21.8. The number of furan rings is 1. The third kappa shape index (κ3) is 3.04. The number of rotatable bonds is 2. The maximum atomic E-state index is 8.19. The first kappa shape index (κ1) is 16.6. The van der Waals surface area contributed by atoms with Crippen molar-refractivity contribution in [3.05, 3.63) is 95.8 Å². The van der Waals surface area contributed by atoms with Gasteiger partial charge in [0.1, 0.15) is 7.05 Å². The minimum Gasteiger partial charge on any atom is -0.437 e. The third-order valence-corrected chi connectivity index (χ3v) is 6.49. The Morgan fingerprint density at radius 2 is 1.73 bits per heavy atom. The Bertz CT molecular complexity index is 1800. The molecule has 0 aliphatic rings. The van der Waals surface area contributed by atoms with E-state index in [-0.39, 0.29) is 0 Å². The van der Waals surface area contributed by atoms with Gasteiger partial charge in [-0.1, -0.05) is 66.2 Å². The van der Waals surface area contributed by atoms with E-state index in [1.807, 2.05) is 67.2 Å². The number of hydrogen-bond acceptors (Lipinski definition) is 2. The van der Waals surface area contributed by atoms with E-state index in [1.54, 1.807) is 6.20 Å². The normalized spacial score (nSPS) is 13.4. The number of nitrogens with zero attached hydrogens (tertiary/aromatic N) is 2. The molecule has 3 heterocycles. The van der Waals surface area contributed by atoms with E-state index in [1.165, 1.54) is 0 Å². The summed E-state index contributed by atoms with van der Waals surface area (Å²) < 4.78 is 32.9. The van der Waals surface area contributed by atoms with E-state index in [0.29, 0.717) is 16.8 Å². The van der Waals surface area contributed by atoms with Crippen LogP contribution in [0.1, 0.15) is 20.8 Å². The average molecular weight is 433 g/mol. The van der Waals surface area contributed by atoms with Crippen LogP contribution in [0.2, 0.25) is 0 Å². The van der Waals surface area contributed by atoms with Crippen molar-refractivity contribution in [2.75, 3.05) is 0 Å². The fourth-order valence-electron chi connectivity index (χ4n) is 4.75. The second-order valence-electron chi connectivity index (χ2n) is 8.72. The van der Waals surface area contributed by atoms with Crippen LogP contribution in [-0.2, 0) is 7.05 Å². The van der Waals surface area contributed by atoms with Crippen molar-refractivity contribution in [3.8, 4) is 22.4 Å². The van der Waals surface area contributed by atoms with Crippen LogP contribution < -0.4 is 4.57 Å². The minimum atomic E-state index is -2.25. The molecule has 6 rings (SSSR count). The summed E-state index contributed by atoms with van der Waals surface area (Å²) in [6.45, 7) is 1.82. The molecule has 3 nitrogen and oxygen atoms in total. The van der Waals surface area contributed by atoms with Crippen LogP contribution in [-0.4, -0.2) is 4.98 Å². The number of aryl methyl sites for hydroxylation is 4. The second-order valence-corrected chi connectivity index (χ2v) is 8.72. The molecule has 3 heteroatoms. The van der Waals surface area contributed by atoms with Gasteiger partial charge in [-0.2, -0.15) is 0 Å². The first-order chi connectivity index (χ1) is 17.2. The molecule has 0 saturated heterocycles. The molecule has 6 aromatic rings. The van der Waals surface area contributed by atoms with E-state index < -0.39 is 6.85 Å². The number of fused-ring (bicyclic) bond motifs is 5. The molecule has 0 fully saturated rings. The molecule has 0 bridgehead atoms. The highest BCUT2D eigenvalue weighted by atomic mass is 16.3. The van der Waals surface area contributed by atoms with Gasteiger partial charge in [-0.05, 0) is 42.8 Å². The molecule has 3 aromatic carbocycles. The van der Waals surface area contributed by atoms with Gasteiger partial charge in [0.25, 0.3) is 0 Å². The second kappa shape index (κ2) is 7.28. The van der Waals surface area contributed by atoms with Crippen LogP contribution >= 0.6 is 0 Å². The first-order valence-corrected chi connectivity index (χ1v) is 11.0. The summed E-state index contributed by atoms with van der Waals surface area (Å²) in [6, 6.07) is 22.3. The monoisotopic (exact) mass is 432 g/mol. The van der Waals surface area contributed by atoms with Crippen molar-refractivity contribution < 1.29 is 13.1 Å². The molecular formula is C30H25N2O+. The Morgan fingerprint density at radius 1 is 0.909 bits per heavy atom. The van der Waals surface area contributed by atoms with Gasteiger partial charge in [0.2, 0.25) is 11.4 Å². The average Bonchev–Trinajstić information content (AvgIpc) is 3.23. The van der Waals surface area contributed by atoms with Crippen LogP contribution in [0.25, 0.3) is 55.2 Å². The van der Waals surface area contributed by atoms with E-state index in [4.69, 9.17) is 8.53 Å². The number of benzene rings is 3. The zero-order chi connectivity index (χ0) is 25.2. The summed E-state index contributed by atoms with van der Waals surface area (Å²) in [6.07, 6.45) is 3.57. The standard InChI is InChI=1S/C30H25N2O/c1-18-9-12-21(13-10-18)25-15-26(32(4)17-20(25)3)27-19(2)11-14-24-28-23-8-6-5-7-22(23)16-31-30(28)33-29(24)27/h5-17H,1-4H3/q+1/i3D3. The number of pyridine rings is 2. The fourth-order valence-corrected chi connectivity index (χ4v) is 4.75. The summed E-state index contributed by atoms with van der Waals surface area (Å²) in [4.78, 5) is 4.61. The van der Waals surface area contributed by atoms with Crippen molar-refractivity contribution in [2.45, 2.75) is 20.7 Å². The van der Waals surface area contributed by atoms with E-state index in [0.717, 1.165) is 55.1 Å². The molecule has 0 saturated carbocycles. The highest BCUT2D eigenvalue weighted by Crippen LogP contribution is 2.39. The molecule has 0 radical (unpaired) electrons. The molecule has 0 N–H and O–H groups in total. The Labute approximate surface area is 197 Å². The lowest BCUT2D eigenvalue weighted by Gasteiger charge is -2.10. The lowest BCUT2D eigenvalue weighted by atomic mass is 9.95. The maximum absolute atomic E-state index is 8.19. The van der Waals surface area contributed by atoms with Crippen LogP contribution in [0, 0.1) is 20.7 Å². The topological polar surface area (TPSA) is 29.9 Å². The third-order valence-electron chi connectivity index (χ3n) is 6.49. The molecule has 0 atom stereocenters. The summed E-state index contributed by atoms with van der Waals surface area (Å²) >= 11 is 0. The Hall–Kier alpha value is -3.98. The highest BCUT2D eigenvalue weighted by molar-refractivity contribution is 6.19. The number of aromatic nitrogens is 2. The van der Waals surface area contributed by atoms with Gasteiger partial charge in [-0.3, -0.25) is 0 Å². The van der Waals surface area contributed by atoms with E-state index in [9.17, 15) is 0 Å². The van der Waals surface area contributed by atoms with Crippen molar-refractivity contribution in [2.24, 2.45) is 7.05 Å². The van der Waals surface area contributed by atoms with Crippen LogP contribution in [0.3, 0.4) is 0 Å². The van der Waals surface area contributed by atoms with Gasteiger partial charge in [0.15, 0.2) is 11.8 Å². The van der Waals surface area contributed by atoms with Crippen molar-refractivity contribution >= 4 is 32.8 Å². The summed E-state index contributed by atoms with van der Waals surface area (Å²) in [7, 11) is 1.89. The van der Waals surface area contributed by atoms with E-state index >= 15 is 0 Å². The first-order valence-electron chi connectivity index (χ1n) is 12.5. The van der Waals surface area contributed by atoms with Crippen molar-refractivity contribution in [3.63, 3.8) is 0 Å². The molecule has 0 unspecified atom stereocenters. The molecule has 160 valence electrons. The van der Waals surface area contributed by atoms with E-state index in [2.05, 4.69) is 36.2 Å². The predicted octanol–water partition coefficient (Wildman–Crippen LogP) is 7.22. The van der Waals surface area contributed by atoms with Crippen molar-refractivity contribution in [1.29, 1.82) is 0 Å². The Balaban J connectivity index is 1.69. The fraction of sp³-hybridized carbons (Fsp3) is 0.133. The van der Waals surface area contributed by atoms with Gasteiger partial charge in [0, 0.05) is 32.7 Å². The van der Waals surface area contributed by atoms with Gasteiger partial charge in [-0.15, -0.1) is 0 Å². The quantitative estimate of drug-likeness (QED) is 0.270. The Morgan fingerprint density at radius 3 is 2.55 bits per heavy atom. The van der Waals surface area contributed by atoms with Crippen LogP contribution in [0.15, 0.2) is 83.5 Å². The molecular weight excluding hydrogens is 404 g/mol. The summed E-state index contributed by atoms with van der Waals surface area (Å²) in [5.74, 6) is 0. The van der Waals surface area contributed by atoms with Gasteiger partial charge in [0.05, 0.1) is 10.9 Å². The smallest absolute Gasteiger partial charge is 0.227 e. The Kier molecular flexibility index (Phi) is 3.67. The number of hydrogen-bond donors (Lipinski definition) is 0. The predicted molar refractivity (Wildman–Crippen MR) is 135 cm³/mol.